The van der Waals surface area contributed by atoms with E-state index in [-0.39, 0.29) is 5.97 Å². The number of rotatable bonds is 9. The van der Waals surface area contributed by atoms with Crippen molar-refractivity contribution in [2.24, 2.45) is 0 Å². The molecular formula is C32H32O3S. The molecule has 0 saturated heterocycles. The number of hydrogen-bond donors (Lipinski definition) is 0. The molecule has 3 aromatic rings. The third-order valence-electron chi connectivity index (χ3n) is 5.42. The number of carbonyl (C=O) groups excluding carboxylic acids is 1. The van der Waals surface area contributed by atoms with Gasteiger partial charge in [0.2, 0.25) is 0 Å². The summed E-state index contributed by atoms with van der Waals surface area (Å²) in [5.74, 6) is 5.69. The molecule has 0 spiro atoms. The molecule has 0 aliphatic rings. The Bertz CT molecular complexity index is 1300. The Morgan fingerprint density at radius 2 is 1.72 bits per heavy atom. The lowest BCUT2D eigenvalue weighted by Gasteiger charge is -2.13. The smallest absolute Gasteiger partial charge is 0.334 e. The number of thiophene rings is 1. The Kier molecular flexibility index (Phi) is 10.1. The predicted molar refractivity (Wildman–Crippen MR) is 152 cm³/mol. The molecule has 36 heavy (non-hydrogen) atoms. The molecule has 0 N–H and O–H groups in total. The first kappa shape index (κ1) is 26.9. The summed E-state index contributed by atoms with van der Waals surface area (Å²) < 4.78 is 10.6. The van der Waals surface area contributed by atoms with Gasteiger partial charge in [-0.25, -0.2) is 4.79 Å². The first-order chi connectivity index (χ1) is 17.4. The lowest BCUT2D eigenvalue weighted by atomic mass is 10.0. The van der Waals surface area contributed by atoms with Gasteiger partial charge < -0.3 is 9.47 Å². The molecule has 184 valence electrons. The monoisotopic (exact) mass is 496 g/mol. The van der Waals surface area contributed by atoms with Gasteiger partial charge in [-0.1, -0.05) is 66.5 Å². The van der Waals surface area contributed by atoms with Gasteiger partial charge in [-0.15, -0.1) is 0 Å². The minimum absolute atomic E-state index is 0.321. The van der Waals surface area contributed by atoms with Gasteiger partial charge in [-0.2, -0.15) is 11.3 Å². The Morgan fingerprint density at radius 3 is 2.42 bits per heavy atom. The summed E-state index contributed by atoms with van der Waals surface area (Å²) in [6, 6.07) is 18.7. The quantitative estimate of drug-likeness (QED) is 0.131. The van der Waals surface area contributed by atoms with Crippen LogP contribution in [0.2, 0.25) is 0 Å². The summed E-state index contributed by atoms with van der Waals surface area (Å²) in [5.41, 5.74) is 5.63. The Morgan fingerprint density at radius 1 is 1.00 bits per heavy atom. The molecule has 3 rings (SSSR count). The van der Waals surface area contributed by atoms with Crippen molar-refractivity contribution in [3.8, 4) is 23.0 Å². The fourth-order valence-electron chi connectivity index (χ4n) is 3.33. The average Bonchev–Trinajstić information content (AvgIpc) is 3.42. The Balaban J connectivity index is 1.77. The fourth-order valence-corrected chi connectivity index (χ4v) is 4.00. The number of hydrogen-bond acceptors (Lipinski definition) is 4. The molecule has 0 unspecified atom stereocenters. The van der Waals surface area contributed by atoms with Gasteiger partial charge in [0, 0.05) is 12.7 Å². The zero-order chi connectivity index (χ0) is 25.8. The highest BCUT2D eigenvalue weighted by Crippen LogP contribution is 2.24. The van der Waals surface area contributed by atoms with E-state index in [1.807, 2.05) is 51.1 Å². The second-order valence-electron chi connectivity index (χ2n) is 8.62. The third kappa shape index (κ3) is 8.53. The van der Waals surface area contributed by atoms with Gasteiger partial charge in [-0.05, 0) is 96.1 Å². The van der Waals surface area contributed by atoms with Gasteiger partial charge in [0.05, 0.1) is 6.61 Å². The molecule has 2 aromatic carbocycles. The molecule has 3 nitrogen and oxygen atoms in total. The predicted octanol–water partition coefficient (Wildman–Crippen LogP) is 7.91. The maximum atomic E-state index is 12.5. The molecule has 0 radical (unpaired) electrons. The highest BCUT2D eigenvalue weighted by Gasteiger charge is 2.11. The van der Waals surface area contributed by atoms with E-state index < -0.39 is 5.60 Å². The van der Waals surface area contributed by atoms with Crippen LogP contribution in [0.4, 0.5) is 0 Å². The van der Waals surface area contributed by atoms with Crippen molar-refractivity contribution >= 4 is 35.5 Å². The van der Waals surface area contributed by atoms with E-state index in [0.29, 0.717) is 18.6 Å². The highest BCUT2D eigenvalue weighted by atomic mass is 32.1. The number of benzene rings is 2. The maximum Gasteiger partial charge on any atom is 0.334 e. The number of esters is 1. The van der Waals surface area contributed by atoms with Crippen molar-refractivity contribution in [2.45, 2.75) is 32.8 Å². The van der Waals surface area contributed by atoms with Crippen LogP contribution in [0, 0.1) is 11.8 Å². The van der Waals surface area contributed by atoms with Crippen LogP contribution in [0.1, 0.15) is 43.9 Å². The van der Waals surface area contributed by atoms with Crippen molar-refractivity contribution in [1.82, 2.24) is 0 Å². The minimum Gasteiger partial charge on any atom is -0.463 e. The van der Waals surface area contributed by atoms with E-state index in [1.165, 1.54) is 11.1 Å². The van der Waals surface area contributed by atoms with Crippen LogP contribution in [0.15, 0.2) is 83.1 Å². The van der Waals surface area contributed by atoms with Gasteiger partial charge in [0.25, 0.3) is 0 Å². The lowest BCUT2D eigenvalue weighted by molar-refractivity contribution is -0.138. The molecule has 0 bridgehead atoms. The second kappa shape index (κ2) is 13.4. The van der Waals surface area contributed by atoms with Crippen LogP contribution < -0.4 is 0 Å². The first-order valence-corrected chi connectivity index (χ1v) is 12.9. The van der Waals surface area contributed by atoms with E-state index in [9.17, 15) is 4.79 Å². The van der Waals surface area contributed by atoms with Gasteiger partial charge in [-0.3, -0.25) is 0 Å². The molecule has 0 aliphatic carbocycles. The third-order valence-corrected chi connectivity index (χ3v) is 6.10. The van der Waals surface area contributed by atoms with Crippen LogP contribution in [0.3, 0.4) is 0 Å². The molecule has 0 amide bonds. The summed E-state index contributed by atoms with van der Waals surface area (Å²) in [4.78, 5) is 12.5. The van der Waals surface area contributed by atoms with Crippen molar-refractivity contribution in [1.29, 1.82) is 0 Å². The molecule has 0 saturated carbocycles. The molecule has 1 heterocycles. The Hall–Kier alpha value is -3.65. The number of carbonyl (C=O) groups is 1. The number of allylic oxidation sites excluding steroid dienone is 2. The minimum atomic E-state index is -0.511. The van der Waals surface area contributed by atoms with E-state index in [2.05, 4.69) is 71.2 Å². The van der Waals surface area contributed by atoms with Crippen molar-refractivity contribution in [2.75, 3.05) is 13.7 Å². The van der Waals surface area contributed by atoms with Crippen LogP contribution >= 0.6 is 11.3 Å². The summed E-state index contributed by atoms with van der Waals surface area (Å²) in [7, 11) is 1.63. The molecule has 0 aliphatic heterocycles. The van der Waals surface area contributed by atoms with Crippen molar-refractivity contribution < 1.29 is 14.3 Å². The molecule has 0 fully saturated rings. The van der Waals surface area contributed by atoms with E-state index in [0.717, 1.165) is 16.7 Å². The normalized spacial score (nSPS) is 12.1. The van der Waals surface area contributed by atoms with E-state index in [4.69, 9.17) is 9.47 Å². The number of methoxy groups -OCH3 is 1. The molecule has 4 heteroatoms. The standard InChI is InChI=1S/C32H32O3S/c1-5-35-31(33)29(14-7-6-8-19-32(2,3)34-4)23-27-13-9-11-25(21-27)16-17-26-12-10-15-28(22-26)30-18-20-36-24-30/h6-7,9-13,15-18,20-24H,5,14H2,1-4H3. The zero-order valence-corrected chi connectivity index (χ0v) is 22.1. The summed E-state index contributed by atoms with van der Waals surface area (Å²) in [6.07, 6.45) is 10.1. The van der Waals surface area contributed by atoms with Gasteiger partial charge in [0.15, 0.2) is 0 Å². The lowest BCUT2D eigenvalue weighted by Crippen LogP contribution is -2.18. The van der Waals surface area contributed by atoms with Crippen LogP contribution in [-0.2, 0) is 14.3 Å². The maximum absolute atomic E-state index is 12.5. The SMILES string of the molecule is CCOC(=O)C(=Cc1cccc(C=Cc2cccc(-c3ccsc3)c2)c1)CC=CC#CC(C)(C)OC. The summed E-state index contributed by atoms with van der Waals surface area (Å²) in [6.45, 7) is 5.94. The average molecular weight is 497 g/mol. The first-order valence-electron chi connectivity index (χ1n) is 11.9. The van der Waals surface area contributed by atoms with Gasteiger partial charge >= 0.3 is 5.97 Å². The molecular weight excluding hydrogens is 464 g/mol. The summed E-state index contributed by atoms with van der Waals surface area (Å²) >= 11 is 1.70. The van der Waals surface area contributed by atoms with Crippen molar-refractivity contribution in [3.05, 3.63) is 99.8 Å². The van der Waals surface area contributed by atoms with Crippen LogP contribution in [0.5, 0.6) is 0 Å². The Labute approximate surface area is 218 Å². The largest absolute Gasteiger partial charge is 0.463 e. The van der Waals surface area contributed by atoms with Crippen molar-refractivity contribution in [3.63, 3.8) is 0 Å². The molecule has 1 aromatic heterocycles. The highest BCUT2D eigenvalue weighted by molar-refractivity contribution is 7.08. The molecule has 0 atom stereocenters. The van der Waals surface area contributed by atoms with E-state index in [1.54, 1.807) is 24.5 Å². The topological polar surface area (TPSA) is 35.5 Å². The van der Waals surface area contributed by atoms with Crippen LogP contribution in [0.25, 0.3) is 29.4 Å². The zero-order valence-electron chi connectivity index (χ0n) is 21.3. The van der Waals surface area contributed by atoms with Crippen LogP contribution in [-0.4, -0.2) is 25.3 Å². The number of ether oxygens (including phenoxy) is 2. The van der Waals surface area contributed by atoms with E-state index >= 15 is 0 Å². The fraction of sp³-hybridized carbons (Fsp3) is 0.219. The second-order valence-corrected chi connectivity index (χ2v) is 9.40. The van der Waals surface area contributed by atoms with Gasteiger partial charge in [0.1, 0.15) is 5.60 Å². The summed E-state index contributed by atoms with van der Waals surface area (Å²) in [5, 5.41) is 4.24.